The van der Waals surface area contributed by atoms with E-state index >= 15 is 0 Å². The van der Waals surface area contributed by atoms with Gasteiger partial charge in [-0.05, 0) is 55.9 Å². The predicted octanol–water partition coefficient (Wildman–Crippen LogP) is 1.23. The number of hydrogen-bond acceptors (Lipinski definition) is 5. The van der Waals surface area contributed by atoms with Crippen LogP contribution in [0.1, 0.15) is 45.4 Å². The van der Waals surface area contributed by atoms with Crippen molar-refractivity contribution in [2.75, 3.05) is 0 Å². The van der Waals surface area contributed by atoms with Crippen LogP contribution in [0.15, 0.2) is 12.2 Å². The molecule has 0 amide bonds. The molecule has 1 spiro atoms. The van der Waals surface area contributed by atoms with Crippen LogP contribution in [0.2, 0.25) is 0 Å². The topological polar surface area (TPSA) is 132 Å². The molecule has 4 saturated carbocycles. The number of carboxylic acid groups (broad SMARTS) is 2. The highest BCUT2D eigenvalue weighted by Crippen LogP contribution is 2.77. The van der Waals surface area contributed by atoms with Crippen LogP contribution in [-0.2, 0) is 14.4 Å². The van der Waals surface area contributed by atoms with E-state index in [0.29, 0.717) is 24.8 Å². The minimum absolute atomic E-state index is 0.0173. The lowest BCUT2D eigenvalue weighted by atomic mass is 9.52. The molecule has 0 aromatic heterocycles. The standard InChI is InChI=1S/C20H26O7/c1-10-7-19-8-20(10,27)12(22)6-11(19)18(9-21)5-3-4-17(2,16(25)26)14(18)13(19)15(23)24/h9,11-14,22,27H,1,3-8H2,2H3,(H,23,24)(H,25,26)/t11-,12-,13+,14+,17+,18+,19+,20-/m0/s1. The molecule has 4 aliphatic carbocycles. The molecule has 0 heterocycles. The summed E-state index contributed by atoms with van der Waals surface area (Å²) in [7, 11) is 0. The smallest absolute Gasteiger partial charge is 0.309 e. The van der Waals surface area contributed by atoms with Crippen molar-refractivity contribution in [1.82, 2.24) is 0 Å². The summed E-state index contributed by atoms with van der Waals surface area (Å²) < 4.78 is 0. The number of aliphatic hydroxyl groups is 2. The number of carbonyl (C=O) groups excluding carboxylic acids is 1. The molecular weight excluding hydrogens is 352 g/mol. The minimum atomic E-state index is -1.57. The second-order valence-electron chi connectivity index (χ2n) is 9.52. The fourth-order valence-corrected chi connectivity index (χ4v) is 7.59. The van der Waals surface area contributed by atoms with Gasteiger partial charge in [0.05, 0.1) is 17.4 Å². The zero-order valence-electron chi connectivity index (χ0n) is 15.4. The average molecular weight is 378 g/mol. The van der Waals surface area contributed by atoms with Gasteiger partial charge in [0.2, 0.25) is 0 Å². The van der Waals surface area contributed by atoms with E-state index in [2.05, 4.69) is 6.58 Å². The molecule has 148 valence electrons. The first-order chi connectivity index (χ1) is 12.5. The van der Waals surface area contributed by atoms with Gasteiger partial charge in [0.25, 0.3) is 0 Å². The van der Waals surface area contributed by atoms with E-state index in [1.54, 1.807) is 6.92 Å². The zero-order valence-corrected chi connectivity index (χ0v) is 15.4. The van der Waals surface area contributed by atoms with Crippen LogP contribution in [0.3, 0.4) is 0 Å². The SMILES string of the molecule is C=C1C[C@@]23C[C@@]1(O)[C@@H](O)C[C@H]2[C@]1(C=O)CCC[C@@](C)(C(=O)O)[C@H]1[C@@H]3C(=O)O. The molecule has 4 aliphatic rings. The van der Waals surface area contributed by atoms with Crippen molar-refractivity contribution in [2.45, 2.75) is 57.2 Å². The van der Waals surface area contributed by atoms with Gasteiger partial charge in [-0.3, -0.25) is 9.59 Å². The number of aliphatic hydroxyl groups excluding tert-OH is 1. The number of carboxylic acids is 2. The van der Waals surface area contributed by atoms with E-state index in [1.807, 2.05) is 0 Å². The molecule has 27 heavy (non-hydrogen) atoms. The fraction of sp³-hybridized carbons (Fsp3) is 0.750. The van der Waals surface area contributed by atoms with Crippen molar-refractivity contribution in [2.24, 2.45) is 34.0 Å². The first-order valence-corrected chi connectivity index (χ1v) is 9.51. The van der Waals surface area contributed by atoms with Crippen molar-refractivity contribution < 1.29 is 34.8 Å². The molecule has 0 aliphatic heterocycles. The van der Waals surface area contributed by atoms with Gasteiger partial charge < -0.3 is 25.2 Å². The highest BCUT2D eigenvalue weighted by molar-refractivity contribution is 5.82. The van der Waals surface area contributed by atoms with Crippen LogP contribution < -0.4 is 0 Å². The first kappa shape index (κ1) is 18.6. The quantitative estimate of drug-likeness (QED) is 0.429. The van der Waals surface area contributed by atoms with E-state index in [0.717, 1.165) is 6.29 Å². The molecule has 4 rings (SSSR count). The van der Waals surface area contributed by atoms with Gasteiger partial charge in [-0.25, -0.2) is 0 Å². The monoisotopic (exact) mass is 378 g/mol. The maximum Gasteiger partial charge on any atom is 0.309 e. The Morgan fingerprint density at radius 3 is 2.48 bits per heavy atom. The van der Waals surface area contributed by atoms with Crippen molar-refractivity contribution in [3.8, 4) is 0 Å². The largest absolute Gasteiger partial charge is 0.481 e. The van der Waals surface area contributed by atoms with E-state index in [-0.39, 0.29) is 19.3 Å². The van der Waals surface area contributed by atoms with Gasteiger partial charge in [-0.1, -0.05) is 13.0 Å². The Hall–Kier alpha value is -1.73. The zero-order chi connectivity index (χ0) is 20.0. The number of hydrogen-bond donors (Lipinski definition) is 4. The molecule has 2 bridgehead atoms. The molecule has 7 nitrogen and oxygen atoms in total. The number of rotatable bonds is 3. The second kappa shape index (κ2) is 5.20. The molecule has 0 aromatic rings. The summed E-state index contributed by atoms with van der Waals surface area (Å²) in [5.41, 5.74) is -4.60. The van der Waals surface area contributed by atoms with E-state index < -0.39 is 57.6 Å². The van der Waals surface area contributed by atoms with Gasteiger partial charge in [0.1, 0.15) is 11.9 Å². The summed E-state index contributed by atoms with van der Waals surface area (Å²) in [6, 6.07) is 0. The molecule has 0 radical (unpaired) electrons. The van der Waals surface area contributed by atoms with Crippen LogP contribution in [0.4, 0.5) is 0 Å². The second-order valence-corrected chi connectivity index (χ2v) is 9.52. The Labute approximate surface area is 157 Å². The lowest BCUT2D eigenvalue weighted by Gasteiger charge is -2.50. The van der Waals surface area contributed by atoms with Crippen molar-refractivity contribution >= 4 is 18.2 Å². The summed E-state index contributed by atoms with van der Waals surface area (Å²) in [5, 5.41) is 41.8. The summed E-state index contributed by atoms with van der Waals surface area (Å²) in [5.74, 6) is -4.66. The third-order valence-electron chi connectivity index (χ3n) is 8.60. The predicted molar refractivity (Wildman–Crippen MR) is 92.6 cm³/mol. The van der Waals surface area contributed by atoms with Gasteiger partial charge in [0, 0.05) is 11.3 Å². The normalized spacial score (nSPS) is 53.5. The van der Waals surface area contributed by atoms with Crippen molar-refractivity contribution in [3.63, 3.8) is 0 Å². The average Bonchev–Trinajstić information content (AvgIpc) is 2.97. The lowest BCUT2D eigenvalue weighted by molar-refractivity contribution is -0.167. The summed E-state index contributed by atoms with van der Waals surface area (Å²) >= 11 is 0. The van der Waals surface area contributed by atoms with Crippen molar-refractivity contribution in [1.29, 1.82) is 0 Å². The maximum atomic E-state index is 12.5. The number of carbonyl (C=O) groups is 3. The third kappa shape index (κ3) is 1.87. The van der Waals surface area contributed by atoms with Crippen LogP contribution in [0.25, 0.3) is 0 Å². The Morgan fingerprint density at radius 2 is 1.93 bits per heavy atom. The fourth-order valence-electron chi connectivity index (χ4n) is 7.59. The van der Waals surface area contributed by atoms with Gasteiger partial charge >= 0.3 is 11.9 Å². The maximum absolute atomic E-state index is 12.5. The molecule has 7 heteroatoms. The minimum Gasteiger partial charge on any atom is -0.481 e. The number of aliphatic carboxylic acids is 2. The Bertz CT molecular complexity index is 761. The molecule has 8 atom stereocenters. The summed E-state index contributed by atoms with van der Waals surface area (Å²) in [4.78, 5) is 37.2. The Morgan fingerprint density at radius 1 is 1.26 bits per heavy atom. The van der Waals surface area contributed by atoms with Crippen LogP contribution in [0.5, 0.6) is 0 Å². The molecule has 0 aromatic carbocycles. The van der Waals surface area contributed by atoms with Crippen LogP contribution in [-0.4, -0.2) is 50.4 Å². The van der Waals surface area contributed by atoms with Gasteiger partial charge in [-0.15, -0.1) is 0 Å². The Balaban J connectivity index is 2.00. The molecule has 4 N–H and O–H groups in total. The molecule has 4 fully saturated rings. The first-order valence-electron chi connectivity index (χ1n) is 9.51. The Kier molecular flexibility index (Phi) is 3.59. The van der Waals surface area contributed by atoms with Crippen molar-refractivity contribution in [3.05, 3.63) is 12.2 Å². The number of fused-ring (bicyclic) bond motifs is 3. The highest BCUT2D eigenvalue weighted by Gasteiger charge is 2.79. The molecular formula is C20H26O7. The molecule has 0 unspecified atom stereocenters. The van der Waals surface area contributed by atoms with Gasteiger partial charge in [-0.2, -0.15) is 0 Å². The summed E-state index contributed by atoms with van der Waals surface area (Å²) in [6.07, 6.45) is 1.18. The molecule has 0 saturated heterocycles. The van der Waals surface area contributed by atoms with Crippen LogP contribution in [0, 0.1) is 34.0 Å². The number of aldehydes is 1. The van der Waals surface area contributed by atoms with Gasteiger partial charge in [0.15, 0.2) is 0 Å². The van der Waals surface area contributed by atoms with E-state index in [9.17, 15) is 34.8 Å². The third-order valence-corrected chi connectivity index (χ3v) is 8.60. The van der Waals surface area contributed by atoms with E-state index in [1.165, 1.54) is 0 Å². The van der Waals surface area contributed by atoms with Crippen LogP contribution >= 0.6 is 0 Å². The lowest BCUT2D eigenvalue weighted by Crippen LogP contribution is -2.53. The highest BCUT2D eigenvalue weighted by atomic mass is 16.4. The summed E-state index contributed by atoms with van der Waals surface area (Å²) in [6.45, 7) is 5.45. The van der Waals surface area contributed by atoms with E-state index in [4.69, 9.17) is 0 Å².